The highest BCUT2D eigenvalue weighted by atomic mass is 16.5. The molecule has 8 heteroatoms. The molecule has 0 radical (unpaired) electrons. The molecule has 3 rings (SSSR count). The monoisotopic (exact) mass is 453 g/mol. The van der Waals surface area contributed by atoms with Gasteiger partial charge in [-0.2, -0.15) is 0 Å². The molecule has 33 heavy (non-hydrogen) atoms. The fraction of sp³-hybridized carbons (Fsp3) is 0.400. The van der Waals surface area contributed by atoms with Crippen molar-refractivity contribution < 1.29 is 24.2 Å². The van der Waals surface area contributed by atoms with E-state index >= 15 is 0 Å². The van der Waals surface area contributed by atoms with Gasteiger partial charge in [-0.3, -0.25) is 9.59 Å². The first kappa shape index (κ1) is 24.3. The summed E-state index contributed by atoms with van der Waals surface area (Å²) in [7, 11) is 3.74. The van der Waals surface area contributed by atoms with Crippen molar-refractivity contribution in [1.29, 1.82) is 0 Å². The number of carbonyl (C=O) groups is 3. The number of nitrogens with zero attached hydrogens (tertiary/aromatic N) is 1. The highest BCUT2D eigenvalue weighted by Gasteiger charge is 2.30. The van der Waals surface area contributed by atoms with Crippen LogP contribution in [0.15, 0.2) is 48.5 Å². The van der Waals surface area contributed by atoms with Gasteiger partial charge in [0, 0.05) is 12.5 Å². The molecule has 0 heterocycles. The van der Waals surface area contributed by atoms with Crippen molar-refractivity contribution in [2.75, 3.05) is 33.8 Å². The molecule has 0 saturated heterocycles. The number of aliphatic carboxylic acids is 1. The first-order valence-electron chi connectivity index (χ1n) is 11.0. The van der Waals surface area contributed by atoms with E-state index in [9.17, 15) is 14.4 Å². The normalized spacial score (nSPS) is 14.2. The minimum Gasteiger partial charge on any atom is -0.481 e. The van der Waals surface area contributed by atoms with Crippen molar-refractivity contribution in [2.24, 2.45) is 5.92 Å². The average Bonchev–Trinajstić information content (AvgIpc) is 3.12. The van der Waals surface area contributed by atoms with Crippen LogP contribution in [-0.2, 0) is 14.3 Å². The lowest BCUT2D eigenvalue weighted by molar-refractivity contribution is -0.141. The topological polar surface area (TPSA) is 108 Å². The molecule has 2 amide bonds. The second kappa shape index (κ2) is 11.0. The number of carboxylic acid groups (broad SMARTS) is 1. The van der Waals surface area contributed by atoms with E-state index in [1.165, 1.54) is 6.92 Å². The summed E-state index contributed by atoms with van der Waals surface area (Å²) >= 11 is 0. The summed E-state index contributed by atoms with van der Waals surface area (Å²) < 4.78 is 5.55. The smallest absolute Gasteiger partial charge is 0.407 e. The van der Waals surface area contributed by atoms with E-state index in [-0.39, 0.29) is 19.1 Å². The Hall–Kier alpha value is -3.39. The Morgan fingerprint density at radius 3 is 2.15 bits per heavy atom. The SMILES string of the molecule is CC(CNC(=O)C(CCN(C)C)NC(=O)OCC1c2ccccc2-c2ccccc21)C(=O)O. The van der Waals surface area contributed by atoms with E-state index in [1.54, 1.807) is 0 Å². The van der Waals surface area contributed by atoms with Gasteiger partial charge in [-0.25, -0.2) is 4.79 Å². The highest BCUT2D eigenvalue weighted by molar-refractivity contribution is 5.86. The zero-order valence-electron chi connectivity index (χ0n) is 19.2. The van der Waals surface area contributed by atoms with E-state index in [1.807, 2.05) is 55.4 Å². The maximum absolute atomic E-state index is 12.6. The molecule has 0 fully saturated rings. The molecular formula is C25H31N3O5. The second-order valence-corrected chi connectivity index (χ2v) is 8.60. The van der Waals surface area contributed by atoms with Crippen molar-refractivity contribution in [2.45, 2.75) is 25.3 Å². The van der Waals surface area contributed by atoms with Crippen LogP contribution in [0.2, 0.25) is 0 Å². The van der Waals surface area contributed by atoms with Gasteiger partial charge in [-0.15, -0.1) is 0 Å². The van der Waals surface area contributed by atoms with Gasteiger partial charge in [0.25, 0.3) is 0 Å². The summed E-state index contributed by atoms with van der Waals surface area (Å²) in [6, 6.07) is 15.3. The minimum absolute atomic E-state index is 0.0149. The number of amides is 2. The van der Waals surface area contributed by atoms with Gasteiger partial charge in [0.15, 0.2) is 0 Å². The number of benzene rings is 2. The highest BCUT2D eigenvalue weighted by Crippen LogP contribution is 2.44. The molecule has 1 aliphatic carbocycles. The predicted octanol–water partition coefficient (Wildman–Crippen LogP) is 2.68. The third kappa shape index (κ3) is 6.10. The lowest BCUT2D eigenvalue weighted by atomic mass is 9.98. The molecule has 176 valence electrons. The van der Waals surface area contributed by atoms with E-state index < -0.39 is 29.9 Å². The molecule has 3 N–H and O–H groups in total. The van der Waals surface area contributed by atoms with Crippen molar-refractivity contribution >= 4 is 18.0 Å². The van der Waals surface area contributed by atoms with Crippen LogP contribution in [0.3, 0.4) is 0 Å². The second-order valence-electron chi connectivity index (χ2n) is 8.60. The Bertz CT molecular complexity index is 962. The summed E-state index contributed by atoms with van der Waals surface area (Å²) in [5.74, 6) is -2.23. The number of ether oxygens (including phenoxy) is 1. The van der Waals surface area contributed by atoms with Crippen LogP contribution in [0.25, 0.3) is 11.1 Å². The molecule has 2 aromatic carbocycles. The van der Waals surface area contributed by atoms with Crippen LogP contribution in [0.1, 0.15) is 30.4 Å². The van der Waals surface area contributed by atoms with Crippen LogP contribution in [0, 0.1) is 5.92 Å². The number of fused-ring (bicyclic) bond motifs is 3. The van der Waals surface area contributed by atoms with Crippen LogP contribution in [-0.4, -0.2) is 67.8 Å². The first-order valence-corrected chi connectivity index (χ1v) is 11.0. The van der Waals surface area contributed by atoms with Gasteiger partial charge < -0.3 is 25.4 Å². The van der Waals surface area contributed by atoms with Crippen LogP contribution < -0.4 is 10.6 Å². The van der Waals surface area contributed by atoms with Crippen LogP contribution in [0.4, 0.5) is 4.79 Å². The Labute approximate surface area is 193 Å². The van der Waals surface area contributed by atoms with Crippen LogP contribution >= 0.6 is 0 Å². The molecule has 0 aromatic heterocycles. The molecule has 0 bridgehead atoms. The Morgan fingerprint density at radius 2 is 1.61 bits per heavy atom. The van der Waals surface area contributed by atoms with E-state index in [4.69, 9.17) is 9.84 Å². The fourth-order valence-corrected chi connectivity index (χ4v) is 3.90. The minimum atomic E-state index is -0.996. The fourth-order valence-electron chi connectivity index (χ4n) is 3.90. The number of alkyl carbamates (subject to hydrolysis) is 1. The summed E-state index contributed by atoms with van der Waals surface area (Å²) in [6.45, 7) is 2.21. The number of carbonyl (C=O) groups excluding carboxylic acids is 2. The largest absolute Gasteiger partial charge is 0.481 e. The predicted molar refractivity (Wildman–Crippen MR) is 125 cm³/mol. The van der Waals surface area contributed by atoms with Crippen molar-refractivity contribution in [3.8, 4) is 11.1 Å². The van der Waals surface area contributed by atoms with Crippen molar-refractivity contribution in [3.63, 3.8) is 0 Å². The number of hydrogen-bond acceptors (Lipinski definition) is 5. The molecular weight excluding hydrogens is 422 g/mol. The lowest BCUT2D eigenvalue weighted by Gasteiger charge is -2.21. The van der Waals surface area contributed by atoms with E-state index in [0.29, 0.717) is 13.0 Å². The number of hydrogen-bond donors (Lipinski definition) is 3. The third-order valence-corrected chi connectivity index (χ3v) is 5.82. The molecule has 0 aliphatic heterocycles. The Balaban J connectivity index is 1.63. The average molecular weight is 454 g/mol. The van der Waals surface area contributed by atoms with E-state index in [2.05, 4.69) is 22.8 Å². The number of rotatable bonds is 10. The first-order chi connectivity index (χ1) is 15.8. The summed E-state index contributed by atoms with van der Waals surface area (Å²) in [4.78, 5) is 38.1. The van der Waals surface area contributed by atoms with Gasteiger partial charge in [0.05, 0.1) is 5.92 Å². The summed E-state index contributed by atoms with van der Waals surface area (Å²) in [5, 5.41) is 14.3. The maximum atomic E-state index is 12.6. The standard InChI is InChI=1S/C25H31N3O5/c1-16(24(30)31)14-26-23(29)22(12-13-28(2)3)27-25(32)33-15-21-19-10-6-4-8-17(19)18-9-5-7-11-20(18)21/h4-11,16,21-22H,12-15H2,1-3H3,(H,26,29)(H,27,32)(H,30,31). The Morgan fingerprint density at radius 1 is 1.03 bits per heavy atom. The van der Waals surface area contributed by atoms with Crippen molar-refractivity contribution in [3.05, 3.63) is 59.7 Å². The molecule has 2 aromatic rings. The summed E-state index contributed by atoms with van der Waals surface area (Å²) in [5.41, 5.74) is 4.49. The van der Waals surface area contributed by atoms with Crippen molar-refractivity contribution in [1.82, 2.24) is 15.5 Å². The summed E-state index contributed by atoms with van der Waals surface area (Å²) in [6.07, 6.45) is -0.313. The number of nitrogens with one attached hydrogen (secondary N) is 2. The molecule has 0 saturated carbocycles. The molecule has 1 aliphatic rings. The van der Waals surface area contributed by atoms with Gasteiger partial charge in [0.1, 0.15) is 12.6 Å². The van der Waals surface area contributed by atoms with E-state index in [0.717, 1.165) is 22.3 Å². The molecule has 2 atom stereocenters. The molecule has 8 nitrogen and oxygen atoms in total. The molecule has 0 spiro atoms. The van der Waals surface area contributed by atoms with Gasteiger partial charge in [-0.05, 0) is 49.3 Å². The Kier molecular flexibility index (Phi) is 8.06. The zero-order chi connectivity index (χ0) is 24.0. The van der Waals surface area contributed by atoms with Crippen LogP contribution in [0.5, 0.6) is 0 Å². The molecule has 2 unspecified atom stereocenters. The lowest BCUT2D eigenvalue weighted by Crippen LogP contribution is -2.49. The van der Waals surface area contributed by atoms with Gasteiger partial charge in [0.2, 0.25) is 5.91 Å². The number of carboxylic acids is 1. The quantitative estimate of drug-likeness (QED) is 0.511. The maximum Gasteiger partial charge on any atom is 0.407 e. The third-order valence-electron chi connectivity index (χ3n) is 5.82. The zero-order valence-corrected chi connectivity index (χ0v) is 19.2. The van der Waals surface area contributed by atoms with Gasteiger partial charge in [-0.1, -0.05) is 55.5 Å². The van der Waals surface area contributed by atoms with Gasteiger partial charge >= 0.3 is 12.1 Å².